The van der Waals surface area contributed by atoms with Gasteiger partial charge in [0.05, 0.1) is 35.6 Å². The number of aliphatic hydroxyl groups is 1. The van der Waals surface area contributed by atoms with Gasteiger partial charge in [-0.2, -0.15) is 13.2 Å². The minimum absolute atomic E-state index is 0.0944. The minimum atomic E-state index is -4.77. The number of aliphatic hydroxyl groups excluding tert-OH is 1. The number of nitrogens with one attached hydrogen (secondary N) is 2. The van der Waals surface area contributed by atoms with Gasteiger partial charge in [-0.3, -0.25) is 19.5 Å². The van der Waals surface area contributed by atoms with E-state index in [9.17, 15) is 27.9 Å². The normalized spacial score (nSPS) is 17.1. The van der Waals surface area contributed by atoms with Crippen LogP contribution < -0.4 is 15.8 Å². The van der Waals surface area contributed by atoms with Gasteiger partial charge < -0.3 is 20.3 Å². The van der Waals surface area contributed by atoms with Gasteiger partial charge in [0, 0.05) is 39.4 Å². The van der Waals surface area contributed by atoms with Crippen LogP contribution in [0.15, 0.2) is 35.4 Å². The van der Waals surface area contributed by atoms with Gasteiger partial charge in [0.2, 0.25) is 0 Å². The number of hydrogen-bond donors (Lipinski definition) is 3. The number of amides is 1. The molecule has 1 amide bonds. The molecule has 4 rings (SSSR count). The van der Waals surface area contributed by atoms with Crippen LogP contribution in [0.4, 0.5) is 18.9 Å². The predicted octanol–water partition coefficient (Wildman–Crippen LogP) is 1.69. The molecule has 4 heterocycles. The Balaban J connectivity index is 1.51. The van der Waals surface area contributed by atoms with E-state index in [4.69, 9.17) is 0 Å². The molecule has 0 radical (unpaired) electrons. The highest BCUT2D eigenvalue weighted by atomic mass is 19.4. The molecular weight excluding hydrogens is 465 g/mol. The molecule has 1 fully saturated rings. The summed E-state index contributed by atoms with van der Waals surface area (Å²) in [5.74, 6) is -0.273. The topological polar surface area (TPSA) is 114 Å². The Morgan fingerprint density at radius 1 is 1.26 bits per heavy atom. The lowest BCUT2D eigenvalue weighted by atomic mass is 10.1. The van der Waals surface area contributed by atoms with E-state index in [0.717, 1.165) is 5.69 Å². The van der Waals surface area contributed by atoms with E-state index in [0.29, 0.717) is 37.4 Å². The van der Waals surface area contributed by atoms with Gasteiger partial charge >= 0.3 is 6.18 Å². The third-order valence-corrected chi connectivity index (χ3v) is 6.21. The number of H-pyrrole nitrogens is 1. The number of rotatable bonds is 5. The standard InChI is InChI=1S/C23H25F3N6O3/c1-13-19(23(24,25)26)22(35)30-18-7-14(8-29-20(13)18)10-31-5-6-32(11-16(31)12-33)15-3-4-17(28-9-15)21(34)27-2/h3-4,7-9,16,33H,5-6,10-12H2,1-2H3,(H,27,34)(H,30,35). The summed E-state index contributed by atoms with van der Waals surface area (Å²) in [6, 6.07) is 4.86. The van der Waals surface area contributed by atoms with Crippen LogP contribution >= 0.6 is 0 Å². The molecule has 0 saturated carbocycles. The average Bonchev–Trinajstić information content (AvgIpc) is 2.82. The monoisotopic (exact) mass is 490 g/mol. The van der Waals surface area contributed by atoms with Crippen LogP contribution in [0.25, 0.3) is 11.0 Å². The molecule has 3 N–H and O–H groups in total. The van der Waals surface area contributed by atoms with Crippen LogP contribution in [0.2, 0.25) is 0 Å². The fourth-order valence-corrected chi connectivity index (χ4v) is 4.38. The number of aromatic nitrogens is 3. The minimum Gasteiger partial charge on any atom is -0.395 e. The van der Waals surface area contributed by atoms with Crippen molar-refractivity contribution in [1.82, 2.24) is 25.2 Å². The van der Waals surface area contributed by atoms with Gasteiger partial charge in [-0.15, -0.1) is 0 Å². The van der Waals surface area contributed by atoms with E-state index in [1.54, 1.807) is 18.3 Å². The molecule has 35 heavy (non-hydrogen) atoms. The van der Waals surface area contributed by atoms with Crippen molar-refractivity contribution in [3.63, 3.8) is 0 Å². The molecule has 1 aliphatic rings. The number of aryl methyl sites for hydroxylation is 1. The maximum absolute atomic E-state index is 13.2. The smallest absolute Gasteiger partial charge is 0.395 e. The highest BCUT2D eigenvalue weighted by Gasteiger charge is 2.37. The molecule has 1 aliphatic heterocycles. The zero-order valence-electron chi connectivity index (χ0n) is 19.2. The fourth-order valence-electron chi connectivity index (χ4n) is 4.38. The van der Waals surface area contributed by atoms with Crippen LogP contribution in [-0.4, -0.2) is 70.2 Å². The number of carbonyl (C=O) groups is 1. The van der Waals surface area contributed by atoms with E-state index in [1.807, 2.05) is 6.07 Å². The zero-order chi connectivity index (χ0) is 25.3. The first-order valence-corrected chi connectivity index (χ1v) is 11.0. The molecule has 186 valence electrons. The summed E-state index contributed by atoms with van der Waals surface area (Å²) in [6.07, 6.45) is -1.65. The number of fused-ring (bicyclic) bond motifs is 1. The lowest BCUT2D eigenvalue weighted by molar-refractivity contribution is -0.139. The highest BCUT2D eigenvalue weighted by Crippen LogP contribution is 2.31. The summed E-state index contributed by atoms with van der Waals surface area (Å²) >= 11 is 0. The molecule has 9 nitrogen and oxygen atoms in total. The number of hydrogen-bond acceptors (Lipinski definition) is 7. The molecular formula is C23H25F3N6O3. The summed E-state index contributed by atoms with van der Waals surface area (Å²) < 4.78 is 39.7. The molecule has 1 unspecified atom stereocenters. The molecule has 1 saturated heterocycles. The van der Waals surface area contributed by atoms with Crippen molar-refractivity contribution >= 4 is 22.6 Å². The van der Waals surface area contributed by atoms with Gasteiger partial charge in [-0.25, -0.2) is 4.98 Å². The van der Waals surface area contributed by atoms with Crippen molar-refractivity contribution in [2.75, 3.05) is 38.2 Å². The lowest BCUT2D eigenvalue weighted by Gasteiger charge is -2.41. The summed E-state index contributed by atoms with van der Waals surface area (Å²) in [5, 5.41) is 12.5. The van der Waals surface area contributed by atoms with Gasteiger partial charge in [0.15, 0.2) is 0 Å². The third-order valence-electron chi connectivity index (χ3n) is 6.21. The van der Waals surface area contributed by atoms with Crippen LogP contribution in [-0.2, 0) is 12.7 Å². The van der Waals surface area contributed by atoms with Crippen LogP contribution in [0.3, 0.4) is 0 Å². The molecule has 0 aliphatic carbocycles. The van der Waals surface area contributed by atoms with Crippen molar-refractivity contribution in [3.05, 3.63) is 63.3 Å². The number of alkyl halides is 3. The van der Waals surface area contributed by atoms with E-state index in [2.05, 4.69) is 30.1 Å². The van der Waals surface area contributed by atoms with Crippen molar-refractivity contribution in [1.29, 1.82) is 0 Å². The predicted molar refractivity (Wildman–Crippen MR) is 123 cm³/mol. The number of pyridine rings is 3. The van der Waals surface area contributed by atoms with Crippen molar-refractivity contribution < 1.29 is 23.1 Å². The SMILES string of the molecule is CNC(=O)c1ccc(N2CCN(Cc3cnc4c(C)c(C(F)(F)F)c(=O)[nH]c4c3)C(CO)C2)cn1. The first-order valence-electron chi connectivity index (χ1n) is 11.0. The number of piperazine rings is 1. The average molecular weight is 490 g/mol. The Morgan fingerprint density at radius 2 is 2.03 bits per heavy atom. The number of halogens is 3. The first-order chi connectivity index (χ1) is 16.6. The van der Waals surface area contributed by atoms with Crippen molar-refractivity contribution in [2.45, 2.75) is 25.7 Å². The molecule has 0 bridgehead atoms. The summed E-state index contributed by atoms with van der Waals surface area (Å²) in [7, 11) is 1.53. The number of nitrogens with zero attached hydrogens (tertiary/aromatic N) is 4. The van der Waals surface area contributed by atoms with Gasteiger partial charge in [-0.05, 0) is 36.2 Å². The fraction of sp³-hybridized carbons (Fsp3) is 0.391. The molecule has 0 aromatic carbocycles. The number of aromatic amines is 1. The lowest BCUT2D eigenvalue weighted by Crippen LogP contribution is -2.54. The van der Waals surface area contributed by atoms with Crippen LogP contribution in [0, 0.1) is 6.92 Å². The molecule has 3 aromatic rings. The van der Waals surface area contributed by atoms with Gasteiger partial charge in [0.25, 0.3) is 11.5 Å². The summed E-state index contributed by atoms with van der Waals surface area (Å²) in [4.78, 5) is 38.6. The van der Waals surface area contributed by atoms with Gasteiger partial charge in [0.1, 0.15) is 11.3 Å². The Kier molecular flexibility index (Phi) is 6.77. The maximum atomic E-state index is 13.2. The maximum Gasteiger partial charge on any atom is 0.422 e. The van der Waals surface area contributed by atoms with E-state index in [-0.39, 0.29) is 35.2 Å². The first kappa shape index (κ1) is 24.6. The summed E-state index contributed by atoms with van der Waals surface area (Å²) in [5.41, 5.74) is -0.462. The highest BCUT2D eigenvalue weighted by molar-refractivity contribution is 5.92. The quantitative estimate of drug-likeness (QED) is 0.499. The van der Waals surface area contributed by atoms with Crippen LogP contribution in [0.5, 0.6) is 0 Å². The van der Waals surface area contributed by atoms with E-state index in [1.165, 1.54) is 20.2 Å². The van der Waals surface area contributed by atoms with Gasteiger partial charge in [-0.1, -0.05) is 0 Å². The van der Waals surface area contributed by atoms with Crippen molar-refractivity contribution in [3.8, 4) is 0 Å². The molecule has 0 spiro atoms. The number of anilines is 1. The van der Waals surface area contributed by atoms with Crippen LogP contribution in [0.1, 0.15) is 27.2 Å². The Hall–Kier alpha value is -3.51. The molecule has 3 aromatic heterocycles. The second-order valence-electron chi connectivity index (χ2n) is 8.43. The van der Waals surface area contributed by atoms with Crippen molar-refractivity contribution in [2.24, 2.45) is 0 Å². The van der Waals surface area contributed by atoms with E-state index >= 15 is 0 Å². The molecule has 12 heteroatoms. The summed E-state index contributed by atoms with van der Waals surface area (Å²) in [6.45, 7) is 3.30. The van der Waals surface area contributed by atoms with E-state index < -0.39 is 17.3 Å². The Bertz CT molecular complexity index is 1290. The largest absolute Gasteiger partial charge is 0.422 e. The molecule has 1 atom stereocenters. The Morgan fingerprint density at radius 3 is 2.66 bits per heavy atom. The second-order valence-corrected chi connectivity index (χ2v) is 8.43. The third kappa shape index (κ3) is 4.98. The Labute approximate surface area is 198 Å². The zero-order valence-corrected chi connectivity index (χ0v) is 19.2. The number of carbonyl (C=O) groups excluding carboxylic acids is 1. The second kappa shape index (κ2) is 9.62.